The monoisotopic (exact) mass is 165 g/mol. The van der Waals surface area contributed by atoms with E-state index in [0.29, 0.717) is 0 Å². The molecule has 1 rings (SSSR count). The van der Waals surface area contributed by atoms with E-state index in [-0.39, 0.29) is 6.04 Å². The third-order valence-electron chi connectivity index (χ3n) is 1.17. The lowest BCUT2D eigenvalue weighted by Crippen LogP contribution is -2.23. The Morgan fingerprint density at radius 1 is 1.50 bits per heavy atom. The van der Waals surface area contributed by atoms with E-state index >= 15 is 0 Å². The molecule has 0 heterocycles. The van der Waals surface area contributed by atoms with Gasteiger partial charge in [-0.2, -0.15) is 0 Å². The molecular formula is C4H8NO4P. The average Bonchev–Trinajstić information content (AvgIpc) is 2.47. The summed E-state index contributed by atoms with van der Waals surface area (Å²) in [7, 11) is -4.52. The quantitative estimate of drug-likeness (QED) is 0.504. The molecule has 0 aromatic rings. The molecule has 0 atom stereocenters. The van der Waals surface area contributed by atoms with Gasteiger partial charge in [-0.25, -0.2) is 4.57 Å². The van der Waals surface area contributed by atoms with Crippen LogP contribution in [0.3, 0.4) is 0 Å². The molecule has 1 saturated carbocycles. The standard InChI is InChI=1S/C4H8NO4P/c6-4(10(7,8)9)5-3-1-2-3/h3H,1-2H2,(H,5,6)(H2,7,8,9). The summed E-state index contributed by atoms with van der Waals surface area (Å²) in [5.41, 5.74) is -1.16. The molecule has 0 bridgehead atoms. The van der Waals surface area contributed by atoms with Crippen molar-refractivity contribution in [2.75, 3.05) is 0 Å². The van der Waals surface area contributed by atoms with Crippen molar-refractivity contribution in [3.05, 3.63) is 0 Å². The first kappa shape index (κ1) is 7.72. The van der Waals surface area contributed by atoms with Crippen molar-refractivity contribution in [1.29, 1.82) is 0 Å². The Balaban J connectivity index is 2.40. The maximum Gasteiger partial charge on any atom is 0.413 e. The average molecular weight is 165 g/mol. The smallest absolute Gasteiger partial charge is 0.343 e. The SMILES string of the molecule is O=C(NC1CC1)P(=O)(O)O. The van der Waals surface area contributed by atoms with Gasteiger partial charge in [-0.3, -0.25) is 4.79 Å². The summed E-state index contributed by atoms with van der Waals surface area (Å²) in [5.74, 6) is 0. The van der Waals surface area contributed by atoms with E-state index in [9.17, 15) is 9.36 Å². The predicted octanol–water partition coefficient (Wildman–Crippen LogP) is 0.0361. The number of amides is 1. The Labute approximate surface area is 57.6 Å². The molecule has 0 radical (unpaired) electrons. The van der Waals surface area contributed by atoms with Gasteiger partial charge in [-0.15, -0.1) is 0 Å². The summed E-state index contributed by atoms with van der Waals surface area (Å²) in [6.07, 6.45) is 1.65. The molecule has 5 nitrogen and oxygen atoms in total. The minimum absolute atomic E-state index is 0.000116. The van der Waals surface area contributed by atoms with Crippen LogP contribution in [0.1, 0.15) is 12.8 Å². The topological polar surface area (TPSA) is 86.6 Å². The lowest BCUT2D eigenvalue weighted by molar-refractivity contribution is 0.248. The molecule has 0 spiro atoms. The summed E-state index contributed by atoms with van der Waals surface area (Å²) in [4.78, 5) is 27.0. The number of hydrogen-bond acceptors (Lipinski definition) is 2. The largest absolute Gasteiger partial charge is 0.413 e. The Kier molecular flexibility index (Phi) is 1.81. The second-order valence-corrected chi connectivity index (χ2v) is 3.76. The van der Waals surface area contributed by atoms with Crippen molar-refractivity contribution in [2.45, 2.75) is 18.9 Å². The van der Waals surface area contributed by atoms with E-state index in [2.05, 4.69) is 5.32 Å². The number of nitrogens with one attached hydrogen (secondary N) is 1. The molecular weight excluding hydrogens is 157 g/mol. The fraction of sp³-hybridized carbons (Fsp3) is 0.750. The van der Waals surface area contributed by atoms with Crippen molar-refractivity contribution >= 4 is 13.2 Å². The fourth-order valence-corrected chi connectivity index (χ4v) is 0.837. The molecule has 0 unspecified atom stereocenters. The van der Waals surface area contributed by atoms with Gasteiger partial charge in [0.15, 0.2) is 0 Å². The van der Waals surface area contributed by atoms with E-state index < -0.39 is 13.2 Å². The predicted molar refractivity (Wildman–Crippen MR) is 33.6 cm³/mol. The van der Waals surface area contributed by atoms with Gasteiger partial charge >= 0.3 is 13.2 Å². The Bertz CT molecular complexity index is 193. The second kappa shape index (κ2) is 2.34. The molecule has 0 aliphatic heterocycles. The van der Waals surface area contributed by atoms with Crippen LogP contribution in [-0.4, -0.2) is 21.5 Å². The Hall–Kier alpha value is -0.380. The zero-order chi connectivity index (χ0) is 7.78. The van der Waals surface area contributed by atoms with Crippen molar-refractivity contribution in [3.63, 3.8) is 0 Å². The van der Waals surface area contributed by atoms with Gasteiger partial charge in [0, 0.05) is 6.04 Å². The summed E-state index contributed by atoms with van der Waals surface area (Å²) in [6, 6.07) is 0.000116. The van der Waals surface area contributed by atoms with Crippen LogP contribution < -0.4 is 5.32 Å². The van der Waals surface area contributed by atoms with Gasteiger partial charge < -0.3 is 15.1 Å². The van der Waals surface area contributed by atoms with E-state index in [1.54, 1.807) is 0 Å². The minimum Gasteiger partial charge on any atom is -0.343 e. The van der Waals surface area contributed by atoms with Gasteiger partial charge in [0.25, 0.3) is 0 Å². The summed E-state index contributed by atoms with van der Waals surface area (Å²) in [6.45, 7) is 0. The zero-order valence-electron chi connectivity index (χ0n) is 5.15. The molecule has 10 heavy (non-hydrogen) atoms. The molecule has 6 heteroatoms. The first-order valence-electron chi connectivity index (χ1n) is 2.87. The third-order valence-corrected chi connectivity index (χ3v) is 1.83. The fourth-order valence-electron chi connectivity index (χ4n) is 0.486. The molecule has 1 aliphatic rings. The first-order valence-corrected chi connectivity index (χ1v) is 4.48. The molecule has 58 valence electrons. The summed E-state index contributed by atoms with van der Waals surface area (Å²) >= 11 is 0. The van der Waals surface area contributed by atoms with Crippen LogP contribution in [-0.2, 0) is 4.57 Å². The third kappa shape index (κ3) is 2.10. The lowest BCUT2D eigenvalue weighted by atomic mass is 10.7. The summed E-state index contributed by atoms with van der Waals surface area (Å²) < 4.78 is 10.2. The Morgan fingerprint density at radius 2 is 2.00 bits per heavy atom. The van der Waals surface area contributed by atoms with Crippen molar-refractivity contribution < 1.29 is 19.1 Å². The van der Waals surface area contributed by atoms with Crippen molar-refractivity contribution in [3.8, 4) is 0 Å². The van der Waals surface area contributed by atoms with Crippen LogP contribution in [0.15, 0.2) is 0 Å². The van der Waals surface area contributed by atoms with E-state index in [0.717, 1.165) is 12.8 Å². The number of carbonyl (C=O) groups is 1. The molecule has 3 N–H and O–H groups in total. The van der Waals surface area contributed by atoms with E-state index in [1.807, 2.05) is 0 Å². The second-order valence-electron chi connectivity index (χ2n) is 2.27. The van der Waals surface area contributed by atoms with Crippen LogP contribution in [0.2, 0.25) is 0 Å². The van der Waals surface area contributed by atoms with Gasteiger partial charge in [0.05, 0.1) is 0 Å². The van der Waals surface area contributed by atoms with Gasteiger partial charge in [-0.05, 0) is 12.8 Å². The lowest BCUT2D eigenvalue weighted by Gasteiger charge is -2.02. The highest BCUT2D eigenvalue weighted by molar-refractivity contribution is 7.69. The normalized spacial score (nSPS) is 18.6. The highest BCUT2D eigenvalue weighted by Crippen LogP contribution is 2.36. The number of carbonyl (C=O) groups excluding carboxylic acids is 1. The molecule has 1 fully saturated rings. The van der Waals surface area contributed by atoms with Gasteiger partial charge in [0.1, 0.15) is 0 Å². The van der Waals surface area contributed by atoms with E-state index in [4.69, 9.17) is 9.79 Å². The first-order chi connectivity index (χ1) is 4.50. The maximum atomic E-state index is 10.4. The minimum atomic E-state index is -4.52. The van der Waals surface area contributed by atoms with Crippen LogP contribution in [0, 0.1) is 0 Å². The van der Waals surface area contributed by atoms with Crippen LogP contribution in [0.5, 0.6) is 0 Å². The highest BCUT2D eigenvalue weighted by atomic mass is 31.2. The van der Waals surface area contributed by atoms with Crippen LogP contribution >= 0.6 is 7.60 Å². The zero-order valence-corrected chi connectivity index (χ0v) is 6.04. The molecule has 1 amide bonds. The van der Waals surface area contributed by atoms with Crippen molar-refractivity contribution in [1.82, 2.24) is 5.32 Å². The molecule has 0 aromatic carbocycles. The molecule has 0 aromatic heterocycles. The molecule has 0 saturated heterocycles. The Morgan fingerprint density at radius 3 is 2.30 bits per heavy atom. The number of hydrogen-bond donors (Lipinski definition) is 3. The molecule has 1 aliphatic carbocycles. The van der Waals surface area contributed by atoms with Gasteiger partial charge in [-0.1, -0.05) is 0 Å². The van der Waals surface area contributed by atoms with Gasteiger partial charge in [0.2, 0.25) is 0 Å². The number of rotatable bonds is 2. The summed E-state index contributed by atoms with van der Waals surface area (Å²) in [5, 5.41) is 2.19. The van der Waals surface area contributed by atoms with Crippen LogP contribution in [0.4, 0.5) is 4.79 Å². The highest BCUT2D eigenvalue weighted by Gasteiger charge is 2.32. The maximum absolute atomic E-state index is 10.4. The van der Waals surface area contributed by atoms with Crippen LogP contribution in [0.25, 0.3) is 0 Å². The van der Waals surface area contributed by atoms with E-state index in [1.165, 1.54) is 0 Å². The van der Waals surface area contributed by atoms with Crippen molar-refractivity contribution in [2.24, 2.45) is 0 Å².